The maximum absolute atomic E-state index is 4.53. The van der Waals surface area contributed by atoms with E-state index in [0.717, 1.165) is 17.8 Å². The number of nitrogens with zero attached hydrogens (tertiary/aromatic N) is 2. The van der Waals surface area contributed by atoms with E-state index in [2.05, 4.69) is 56.1 Å². The average molecular weight is 294 g/mol. The Balaban J connectivity index is 2.34. The van der Waals surface area contributed by atoms with E-state index in [9.17, 15) is 0 Å². The molecule has 0 aliphatic rings. The van der Waals surface area contributed by atoms with Crippen molar-refractivity contribution in [1.29, 1.82) is 0 Å². The van der Waals surface area contributed by atoms with Crippen molar-refractivity contribution < 1.29 is 0 Å². The van der Waals surface area contributed by atoms with Gasteiger partial charge in [0.25, 0.3) is 0 Å². The molecule has 2 aromatic carbocycles. The van der Waals surface area contributed by atoms with Crippen molar-refractivity contribution in [2.45, 2.75) is 52.4 Å². The Bertz CT molecular complexity index is 622. The third-order valence-electron chi connectivity index (χ3n) is 3.78. The van der Waals surface area contributed by atoms with Crippen LogP contribution in [0.25, 0.3) is 0 Å². The molecule has 0 amide bonds. The fraction of sp³-hybridized carbons (Fsp3) is 0.400. The standard InChI is InChI=1S/C20H26N2/c1-5-6-10-16-13-14-17(20(2,3)4)15-19(16)22-21-18-11-8-7-9-12-18/h7-9,11-15H,5-6,10H2,1-4H3. The van der Waals surface area contributed by atoms with Gasteiger partial charge in [-0.05, 0) is 47.6 Å². The predicted octanol–water partition coefficient (Wildman–Crippen LogP) is 6.74. The van der Waals surface area contributed by atoms with E-state index in [-0.39, 0.29) is 5.41 Å². The summed E-state index contributed by atoms with van der Waals surface area (Å²) in [5.41, 5.74) is 4.61. The smallest absolute Gasteiger partial charge is 0.0891 e. The van der Waals surface area contributed by atoms with Crippen LogP contribution in [0, 0.1) is 0 Å². The molecule has 0 aliphatic carbocycles. The zero-order valence-corrected chi connectivity index (χ0v) is 14.1. The summed E-state index contributed by atoms with van der Waals surface area (Å²) in [5.74, 6) is 0. The highest BCUT2D eigenvalue weighted by Crippen LogP contribution is 2.30. The van der Waals surface area contributed by atoms with Gasteiger partial charge in [-0.25, -0.2) is 0 Å². The van der Waals surface area contributed by atoms with Gasteiger partial charge in [-0.1, -0.05) is 64.4 Å². The molecule has 0 atom stereocenters. The van der Waals surface area contributed by atoms with E-state index in [1.54, 1.807) is 0 Å². The molecular formula is C20H26N2. The third kappa shape index (κ3) is 4.52. The summed E-state index contributed by atoms with van der Waals surface area (Å²) < 4.78 is 0. The van der Waals surface area contributed by atoms with E-state index >= 15 is 0 Å². The van der Waals surface area contributed by atoms with Crippen molar-refractivity contribution in [3.8, 4) is 0 Å². The van der Waals surface area contributed by atoms with E-state index < -0.39 is 0 Å². The molecule has 116 valence electrons. The number of hydrogen-bond acceptors (Lipinski definition) is 2. The molecule has 0 saturated heterocycles. The minimum absolute atomic E-state index is 0.125. The lowest BCUT2D eigenvalue weighted by Crippen LogP contribution is -2.10. The summed E-state index contributed by atoms with van der Waals surface area (Å²) in [5, 5.41) is 8.92. The molecule has 2 rings (SSSR count). The topological polar surface area (TPSA) is 24.7 Å². The van der Waals surface area contributed by atoms with E-state index in [1.165, 1.54) is 24.0 Å². The Morgan fingerprint density at radius 2 is 1.64 bits per heavy atom. The second-order valence-electron chi connectivity index (χ2n) is 6.73. The number of benzene rings is 2. The Hall–Kier alpha value is -1.96. The summed E-state index contributed by atoms with van der Waals surface area (Å²) >= 11 is 0. The molecule has 0 aromatic heterocycles. The van der Waals surface area contributed by atoms with Gasteiger partial charge in [0.15, 0.2) is 0 Å². The second kappa shape index (κ2) is 7.35. The van der Waals surface area contributed by atoms with Gasteiger partial charge in [-0.2, -0.15) is 10.2 Å². The fourth-order valence-corrected chi connectivity index (χ4v) is 2.31. The molecule has 0 bridgehead atoms. The normalized spacial score (nSPS) is 12.0. The van der Waals surface area contributed by atoms with Gasteiger partial charge in [0.05, 0.1) is 11.4 Å². The molecule has 0 spiro atoms. The molecule has 0 fully saturated rings. The van der Waals surface area contributed by atoms with Crippen LogP contribution in [0.5, 0.6) is 0 Å². The number of azo groups is 1. The first-order chi connectivity index (χ1) is 10.5. The van der Waals surface area contributed by atoms with E-state index in [0.29, 0.717) is 0 Å². The molecule has 0 unspecified atom stereocenters. The number of unbranched alkanes of at least 4 members (excludes halogenated alkanes) is 1. The third-order valence-corrected chi connectivity index (χ3v) is 3.78. The van der Waals surface area contributed by atoms with Crippen molar-refractivity contribution in [3.63, 3.8) is 0 Å². The predicted molar refractivity (Wildman–Crippen MR) is 94.4 cm³/mol. The molecule has 0 radical (unpaired) electrons. The first-order valence-electron chi connectivity index (χ1n) is 8.11. The van der Waals surface area contributed by atoms with E-state index in [4.69, 9.17) is 0 Å². The van der Waals surface area contributed by atoms with Crippen LogP contribution in [0.2, 0.25) is 0 Å². The van der Waals surface area contributed by atoms with Gasteiger partial charge in [0, 0.05) is 0 Å². The van der Waals surface area contributed by atoms with Gasteiger partial charge in [0.1, 0.15) is 0 Å². The average Bonchev–Trinajstić information content (AvgIpc) is 2.51. The van der Waals surface area contributed by atoms with Crippen LogP contribution in [-0.4, -0.2) is 0 Å². The number of aryl methyl sites for hydroxylation is 1. The van der Waals surface area contributed by atoms with Crippen molar-refractivity contribution in [3.05, 3.63) is 59.7 Å². The Morgan fingerprint density at radius 3 is 2.27 bits per heavy atom. The van der Waals surface area contributed by atoms with Crippen LogP contribution < -0.4 is 0 Å². The molecule has 0 saturated carbocycles. The van der Waals surface area contributed by atoms with Gasteiger partial charge >= 0.3 is 0 Å². The number of hydrogen-bond donors (Lipinski definition) is 0. The molecule has 0 heterocycles. The van der Waals surface area contributed by atoms with Crippen LogP contribution in [0.4, 0.5) is 11.4 Å². The van der Waals surface area contributed by atoms with Crippen molar-refractivity contribution in [2.75, 3.05) is 0 Å². The highest BCUT2D eigenvalue weighted by atomic mass is 15.1. The lowest BCUT2D eigenvalue weighted by atomic mass is 9.86. The van der Waals surface area contributed by atoms with Gasteiger partial charge in [0.2, 0.25) is 0 Å². The van der Waals surface area contributed by atoms with Gasteiger partial charge < -0.3 is 0 Å². The van der Waals surface area contributed by atoms with Crippen LogP contribution in [-0.2, 0) is 11.8 Å². The molecule has 0 aliphatic heterocycles. The van der Waals surface area contributed by atoms with Crippen molar-refractivity contribution >= 4 is 11.4 Å². The monoisotopic (exact) mass is 294 g/mol. The second-order valence-corrected chi connectivity index (χ2v) is 6.73. The number of rotatable bonds is 5. The van der Waals surface area contributed by atoms with Crippen molar-refractivity contribution in [1.82, 2.24) is 0 Å². The Morgan fingerprint density at radius 1 is 0.909 bits per heavy atom. The SMILES string of the molecule is CCCCc1ccc(C(C)(C)C)cc1N=Nc1ccccc1. The largest absolute Gasteiger partial charge is 0.151 e. The van der Waals surface area contributed by atoms with E-state index in [1.807, 2.05) is 30.3 Å². The summed E-state index contributed by atoms with van der Waals surface area (Å²) in [4.78, 5) is 0. The molecule has 2 aromatic rings. The highest BCUT2D eigenvalue weighted by molar-refractivity contribution is 5.50. The highest BCUT2D eigenvalue weighted by Gasteiger charge is 2.15. The lowest BCUT2D eigenvalue weighted by Gasteiger charge is -2.20. The minimum Gasteiger partial charge on any atom is -0.151 e. The molecule has 2 heteroatoms. The zero-order valence-electron chi connectivity index (χ0n) is 14.1. The molecule has 0 N–H and O–H groups in total. The summed E-state index contributed by atoms with van der Waals surface area (Å²) in [6.07, 6.45) is 3.43. The first kappa shape index (κ1) is 16.4. The quantitative estimate of drug-likeness (QED) is 0.545. The van der Waals surface area contributed by atoms with Gasteiger partial charge in [-0.15, -0.1) is 0 Å². The summed E-state index contributed by atoms with van der Waals surface area (Å²) in [6.45, 7) is 8.90. The van der Waals surface area contributed by atoms with Crippen LogP contribution >= 0.6 is 0 Å². The summed E-state index contributed by atoms with van der Waals surface area (Å²) in [6, 6.07) is 16.5. The first-order valence-corrected chi connectivity index (χ1v) is 8.11. The molecular weight excluding hydrogens is 268 g/mol. The fourth-order valence-electron chi connectivity index (χ4n) is 2.31. The van der Waals surface area contributed by atoms with Gasteiger partial charge in [-0.3, -0.25) is 0 Å². The Kier molecular flexibility index (Phi) is 5.48. The molecule has 2 nitrogen and oxygen atoms in total. The maximum atomic E-state index is 4.53. The van der Waals surface area contributed by atoms with Crippen LogP contribution in [0.15, 0.2) is 58.8 Å². The van der Waals surface area contributed by atoms with Crippen LogP contribution in [0.3, 0.4) is 0 Å². The summed E-state index contributed by atoms with van der Waals surface area (Å²) in [7, 11) is 0. The van der Waals surface area contributed by atoms with Crippen LogP contribution in [0.1, 0.15) is 51.7 Å². The lowest BCUT2D eigenvalue weighted by molar-refractivity contribution is 0.590. The Labute approximate surface area is 134 Å². The molecule has 22 heavy (non-hydrogen) atoms. The minimum atomic E-state index is 0.125. The maximum Gasteiger partial charge on any atom is 0.0891 e. The zero-order chi connectivity index (χ0) is 16.0. The van der Waals surface area contributed by atoms with Crippen molar-refractivity contribution in [2.24, 2.45) is 10.2 Å².